The molecular weight excluding hydrogens is 426 g/mol. The van der Waals surface area contributed by atoms with E-state index >= 15 is 0 Å². The lowest BCUT2D eigenvalue weighted by Gasteiger charge is -2.09. The molecule has 1 aromatic heterocycles. The van der Waals surface area contributed by atoms with Gasteiger partial charge in [0.25, 0.3) is 15.9 Å². The number of hydrogen-bond acceptors (Lipinski definition) is 5. The molecule has 3 aromatic rings. The fourth-order valence-electron chi connectivity index (χ4n) is 2.98. The second-order valence-corrected chi connectivity index (χ2v) is 8.76. The summed E-state index contributed by atoms with van der Waals surface area (Å²) in [5.41, 5.74) is 1.24. The highest BCUT2D eigenvalue weighted by molar-refractivity contribution is 7.90. The molecule has 1 aliphatic heterocycles. The van der Waals surface area contributed by atoms with E-state index < -0.39 is 15.9 Å². The van der Waals surface area contributed by atoms with Gasteiger partial charge >= 0.3 is 0 Å². The number of nitrogens with zero attached hydrogens (tertiary/aromatic N) is 3. The molecule has 0 spiro atoms. The van der Waals surface area contributed by atoms with Crippen molar-refractivity contribution in [1.29, 1.82) is 0 Å². The second kappa shape index (κ2) is 8.29. The van der Waals surface area contributed by atoms with Gasteiger partial charge in [0.05, 0.1) is 10.6 Å². The molecule has 2 N–H and O–H groups in total. The lowest BCUT2D eigenvalue weighted by Crippen LogP contribution is -2.29. The summed E-state index contributed by atoms with van der Waals surface area (Å²) in [6.07, 6.45) is 3.08. The number of carbonyl (C=O) groups excluding carboxylic acids is 1. The lowest BCUT2D eigenvalue weighted by atomic mass is 10.3. The van der Waals surface area contributed by atoms with Crippen LogP contribution in [0.15, 0.2) is 70.7 Å². The van der Waals surface area contributed by atoms with Gasteiger partial charge in [0, 0.05) is 29.9 Å². The number of nitrogens with one attached hydrogen (secondary N) is 2. The molecule has 0 fully saturated rings. The molecule has 0 radical (unpaired) electrons. The molecule has 0 unspecified atom stereocenters. The van der Waals surface area contributed by atoms with Crippen LogP contribution in [0.1, 0.15) is 23.3 Å². The van der Waals surface area contributed by atoms with Crippen molar-refractivity contribution >= 4 is 39.1 Å². The van der Waals surface area contributed by atoms with Crippen LogP contribution in [0, 0.1) is 0 Å². The highest BCUT2D eigenvalue weighted by atomic mass is 35.5. The van der Waals surface area contributed by atoms with Crippen molar-refractivity contribution in [2.75, 3.05) is 11.9 Å². The molecule has 2 aromatic carbocycles. The van der Waals surface area contributed by atoms with Gasteiger partial charge in [0.15, 0.2) is 5.69 Å². The Bertz CT molecular complexity index is 1240. The highest BCUT2D eigenvalue weighted by Crippen LogP contribution is 2.18. The Morgan fingerprint density at radius 2 is 1.93 bits per heavy atom. The van der Waals surface area contributed by atoms with Gasteiger partial charge in [-0.2, -0.15) is 5.10 Å². The average Bonchev–Trinajstić information content (AvgIpc) is 3.40. The van der Waals surface area contributed by atoms with Crippen molar-refractivity contribution < 1.29 is 13.2 Å². The van der Waals surface area contributed by atoms with E-state index in [2.05, 4.69) is 20.1 Å². The van der Waals surface area contributed by atoms with Crippen molar-refractivity contribution in [3.05, 3.63) is 71.5 Å². The summed E-state index contributed by atoms with van der Waals surface area (Å²) < 4.78 is 29.1. The minimum Gasteiger partial charge on any atom is -0.321 e. The zero-order valence-electron chi connectivity index (χ0n) is 15.7. The third-order valence-corrected chi connectivity index (χ3v) is 6.04. The van der Waals surface area contributed by atoms with E-state index in [4.69, 9.17) is 11.6 Å². The fraction of sp³-hybridized carbons (Fsp3) is 0.150. The van der Waals surface area contributed by atoms with Gasteiger partial charge in [-0.25, -0.2) is 13.1 Å². The van der Waals surface area contributed by atoms with Gasteiger partial charge in [-0.3, -0.25) is 14.5 Å². The second-order valence-electron chi connectivity index (χ2n) is 6.64. The van der Waals surface area contributed by atoms with E-state index in [0.717, 1.165) is 12.1 Å². The molecule has 30 heavy (non-hydrogen) atoms. The van der Waals surface area contributed by atoms with Crippen molar-refractivity contribution in [3.8, 4) is 5.69 Å². The van der Waals surface area contributed by atoms with Gasteiger partial charge in [-0.05, 0) is 48.9 Å². The molecule has 8 nitrogen and oxygen atoms in total. The molecule has 1 aliphatic rings. The minimum absolute atomic E-state index is 0.0411. The van der Waals surface area contributed by atoms with E-state index in [1.807, 2.05) is 6.07 Å². The Morgan fingerprint density at radius 3 is 2.70 bits per heavy atom. The molecule has 0 bridgehead atoms. The quantitative estimate of drug-likeness (QED) is 0.631. The van der Waals surface area contributed by atoms with E-state index in [9.17, 15) is 13.2 Å². The SMILES string of the molecule is O=C(Nc1cccc(S(=O)(=O)NC2=NCCC2)c1)c1ccn(-c2cccc(Cl)c2)n1. The summed E-state index contributed by atoms with van der Waals surface area (Å²) in [6, 6.07) is 14.7. The van der Waals surface area contributed by atoms with Crippen LogP contribution < -0.4 is 10.0 Å². The number of amides is 1. The van der Waals surface area contributed by atoms with Gasteiger partial charge in [0.1, 0.15) is 5.84 Å². The number of carbonyl (C=O) groups is 1. The van der Waals surface area contributed by atoms with Gasteiger partial charge in [-0.15, -0.1) is 0 Å². The zero-order chi connectivity index (χ0) is 21.1. The van der Waals surface area contributed by atoms with E-state index in [1.54, 1.807) is 42.6 Å². The molecule has 0 aliphatic carbocycles. The standard InChI is InChI=1S/C20H18ClN5O3S/c21-14-4-1-6-16(12-14)26-11-9-18(24-26)20(27)23-15-5-2-7-17(13-15)30(28,29)25-19-8-3-10-22-19/h1-2,4-7,9,11-13H,3,8,10H2,(H,22,25)(H,23,27). The maximum Gasteiger partial charge on any atom is 0.276 e. The average molecular weight is 444 g/mol. The fourth-order valence-corrected chi connectivity index (χ4v) is 4.30. The first-order valence-electron chi connectivity index (χ1n) is 9.20. The maximum atomic E-state index is 12.6. The number of anilines is 1. The monoisotopic (exact) mass is 443 g/mol. The largest absolute Gasteiger partial charge is 0.321 e. The Kier molecular flexibility index (Phi) is 5.56. The van der Waals surface area contributed by atoms with Crippen LogP contribution in [-0.2, 0) is 10.0 Å². The topological polar surface area (TPSA) is 105 Å². The van der Waals surface area contributed by atoms with Crippen LogP contribution in [0.5, 0.6) is 0 Å². The summed E-state index contributed by atoms with van der Waals surface area (Å²) >= 11 is 5.99. The number of aliphatic imine (C=N–C) groups is 1. The van der Waals surface area contributed by atoms with Crippen molar-refractivity contribution in [2.45, 2.75) is 17.7 Å². The Hall–Kier alpha value is -3.17. The van der Waals surface area contributed by atoms with Crippen LogP contribution >= 0.6 is 11.6 Å². The summed E-state index contributed by atoms with van der Waals surface area (Å²) in [6.45, 7) is 0.621. The van der Waals surface area contributed by atoms with Crippen LogP contribution in [0.3, 0.4) is 0 Å². The number of hydrogen-bond donors (Lipinski definition) is 2. The van der Waals surface area contributed by atoms with Crippen molar-refractivity contribution in [3.63, 3.8) is 0 Å². The first kappa shape index (κ1) is 20.1. The predicted octanol–water partition coefficient (Wildman–Crippen LogP) is 3.25. The van der Waals surface area contributed by atoms with Crippen LogP contribution in [-0.4, -0.2) is 36.5 Å². The molecule has 1 amide bonds. The number of amidine groups is 1. The third-order valence-electron chi connectivity index (χ3n) is 4.42. The molecule has 0 saturated carbocycles. The first-order chi connectivity index (χ1) is 14.4. The summed E-state index contributed by atoms with van der Waals surface area (Å²) in [5, 5.41) is 7.49. The highest BCUT2D eigenvalue weighted by Gasteiger charge is 2.19. The molecular formula is C20H18ClN5O3S. The number of rotatable bonds is 5. The first-order valence-corrected chi connectivity index (χ1v) is 11.1. The maximum absolute atomic E-state index is 12.6. The van der Waals surface area contributed by atoms with E-state index in [1.165, 1.54) is 16.8 Å². The third kappa shape index (κ3) is 4.52. The summed E-state index contributed by atoms with van der Waals surface area (Å²) in [4.78, 5) is 16.7. The van der Waals surface area contributed by atoms with E-state index in [-0.39, 0.29) is 10.6 Å². The van der Waals surface area contributed by atoms with E-state index in [0.29, 0.717) is 29.5 Å². The molecule has 10 heteroatoms. The lowest BCUT2D eigenvalue weighted by molar-refractivity contribution is 0.102. The normalized spacial score (nSPS) is 13.7. The van der Waals surface area contributed by atoms with Crippen LogP contribution in [0.2, 0.25) is 5.02 Å². The Labute approximate surface area is 178 Å². The molecule has 4 rings (SSSR count). The van der Waals surface area contributed by atoms with Crippen molar-refractivity contribution in [2.24, 2.45) is 4.99 Å². The molecule has 154 valence electrons. The predicted molar refractivity (Wildman–Crippen MR) is 115 cm³/mol. The number of aromatic nitrogens is 2. The van der Waals surface area contributed by atoms with Gasteiger partial charge in [-0.1, -0.05) is 23.7 Å². The zero-order valence-corrected chi connectivity index (χ0v) is 17.3. The number of benzene rings is 2. The summed E-state index contributed by atoms with van der Waals surface area (Å²) in [7, 11) is -3.77. The number of sulfonamides is 1. The van der Waals surface area contributed by atoms with Crippen LogP contribution in [0.25, 0.3) is 5.69 Å². The Balaban J connectivity index is 1.49. The molecule has 0 saturated heterocycles. The number of halogens is 1. The smallest absolute Gasteiger partial charge is 0.276 e. The molecule has 0 atom stereocenters. The van der Waals surface area contributed by atoms with Gasteiger partial charge < -0.3 is 5.32 Å². The van der Waals surface area contributed by atoms with Crippen LogP contribution in [0.4, 0.5) is 5.69 Å². The van der Waals surface area contributed by atoms with Crippen molar-refractivity contribution in [1.82, 2.24) is 14.5 Å². The minimum atomic E-state index is -3.77. The van der Waals surface area contributed by atoms with Gasteiger partial charge in [0.2, 0.25) is 0 Å². The Morgan fingerprint density at radius 1 is 1.10 bits per heavy atom. The summed E-state index contributed by atoms with van der Waals surface area (Å²) in [5.74, 6) is -0.00514. The molecule has 2 heterocycles.